The molecule has 1 amide bonds. The van der Waals surface area contributed by atoms with E-state index in [2.05, 4.69) is 10.3 Å². The zero-order valence-electron chi connectivity index (χ0n) is 10.3. The predicted molar refractivity (Wildman–Crippen MR) is 70.6 cm³/mol. The summed E-state index contributed by atoms with van der Waals surface area (Å²) in [7, 11) is 0. The first-order chi connectivity index (χ1) is 9.10. The Labute approximate surface area is 115 Å². The Hall–Kier alpha value is -1.85. The highest BCUT2D eigenvalue weighted by Gasteiger charge is 2.12. The molecule has 0 aliphatic carbocycles. The number of nitrogens with one attached hydrogen (secondary N) is 1. The van der Waals surface area contributed by atoms with E-state index in [-0.39, 0.29) is 6.54 Å². The summed E-state index contributed by atoms with van der Waals surface area (Å²) < 4.78 is 5.58. The summed E-state index contributed by atoms with van der Waals surface area (Å²) >= 11 is 5.83. The van der Waals surface area contributed by atoms with Gasteiger partial charge in [-0.05, 0) is 31.2 Å². The van der Waals surface area contributed by atoms with Crippen LogP contribution in [0.1, 0.15) is 11.6 Å². The number of aliphatic hydroxyl groups excluding tert-OH is 1. The van der Waals surface area contributed by atoms with Crippen LogP contribution in [0.4, 0.5) is 0 Å². The largest absolute Gasteiger partial charge is 0.438 e. The molecule has 0 saturated carbocycles. The smallest absolute Gasteiger partial charge is 0.246 e. The number of amides is 1. The minimum Gasteiger partial charge on any atom is -0.438 e. The second-order valence-electron chi connectivity index (χ2n) is 3.96. The maximum atomic E-state index is 10.9. The molecular formula is C13H13ClN2O3. The quantitative estimate of drug-likeness (QED) is 0.897. The number of hydrogen-bond acceptors (Lipinski definition) is 4. The fraction of sp³-hybridized carbons (Fsp3) is 0.231. The Balaban J connectivity index is 2.16. The third kappa shape index (κ3) is 3.33. The summed E-state index contributed by atoms with van der Waals surface area (Å²) in [5.74, 6) is 0.568. The van der Waals surface area contributed by atoms with Crippen molar-refractivity contribution in [2.75, 3.05) is 6.61 Å². The van der Waals surface area contributed by atoms with Crippen molar-refractivity contribution in [3.8, 4) is 11.3 Å². The van der Waals surface area contributed by atoms with Crippen molar-refractivity contribution in [2.45, 2.75) is 13.5 Å². The first-order valence-electron chi connectivity index (χ1n) is 5.70. The summed E-state index contributed by atoms with van der Waals surface area (Å²) in [6, 6.07) is 7.22. The molecule has 0 unspecified atom stereocenters. The van der Waals surface area contributed by atoms with Crippen LogP contribution in [0.15, 0.2) is 28.7 Å². The number of aromatic nitrogens is 1. The van der Waals surface area contributed by atoms with Gasteiger partial charge in [-0.1, -0.05) is 11.6 Å². The third-order valence-corrected chi connectivity index (χ3v) is 2.78. The van der Waals surface area contributed by atoms with Crippen LogP contribution in [0.3, 0.4) is 0 Å². The molecule has 0 spiro atoms. The van der Waals surface area contributed by atoms with Crippen LogP contribution in [-0.4, -0.2) is 22.6 Å². The highest BCUT2D eigenvalue weighted by Crippen LogP contribution is 2.25. The molecule has 100 valence electrons. The van der Waals surface area contributed by atoms with E-state index in [1.807, 2.05) is 19.1 Å². The fourth-order valence-electron chi connectivity index (χ4n) is 1.63. The summed E-state index contributed by atoms with van der Waals surface area (Å²) in [6.07, 6.45) is 0. The minimum atomic E-state index is -0.552. The molecule has 2 aromatic rings. The monoisotopic (exact) mass is 280 g/mol. The molecule has 0 bridgehead atoms. The predicted octanol–water partition coefficient (Wildman–Crippen LogP) is 1.91. The van der Waals surface area contributed by atoms with Crippen LogP contribution in [0.25, 0.3) is 11.3 Å². The van der Waals surface area contributed by atoms with Crippen LogP contribution in [0, 0.1) is 6.92 Å². The molecule has 1 heterocycles. The number of rotatable bonds is 4. The summed E-state index contributed by atoms with van der Waals surface area (Å²) in [5, 5.41) is 11.7. The van der Waals surface area contributed by atoms with Gasteiger partial charge in [0.1, 0.15) is 6.61 Å². The van der Waals surface area contributed by atoms with Crippen molar-refractivity contribution in [3.05, 3.63) is 40.9 Å². The van der Waals surface area contributed by atoms with Crippen molar-refractivity contribution >= 4 is 17.5 Å². The number of carbonyl (C=O) groups is 1. The van der Waals surface area contributed by atoms with Crippen LogP contribution in [-0.2, 0) is 11.3 Å². The van der Waals surface area contributed by atoms with E-state index in [1.165, 1.54) is 0 Å². The lowest BCUT2D eigenvalue weighted by molar-refractivity contribution is -0.124. The number of hydrogen-bond donors (Lipinski definition) is 2. The number of aliphatic hydroxyl groups is 1. The average Bonchev–Trinajstić information content (AvgIpc) is 2.78. The Bertz CT molecular complexity index is 578. The molecule has 1 aromatic heterocycles. The second kappa shape index (κ2) is 5.86. The minimum absolute atomic E-state index is 0.147. The third-order valence-electron chi connectivity index (χ3n) is 2.53. The standard InChI is InChI=1S/C13H13ClN2O3/c1-8-13(9-2-4-10(14)5-3-9)19-12(16-8)6-15-11(18)7-17/h2-5,17H,6-7H2,1H3,(H,15,18). The average molecular weight is 281 g/mol. The number of aryl methyl sites for hydroxylation is 1. The summed E-state index contributed by atoms with van der Waals surface area (Å²) in [4.78, 5) is 15.2. The Morgan fingerprint density at radius 1 is 1.42 bits per heavy atom. The molecule has 0 atom stereocenters. The van der Waals surface area contributed by atoms with Crippen LogP contribution >= 0.6 is 11.6 Å². The van der Waals surface area contributed by atoms with Crippen molar-refractivity contribution in [1.82, 2.24) is 10.3 Å². The lowest BCUT2D eigenvalue weighted by Crippen LogP contribution is -2.25. The first-order valence-corrected chi connectivity index (χ1v) is 6.07. The van der Waals surface area contributed by atoms with Gasteiger partial charge in [-0.3, -0.25) is 4.79 Å². The zero-order chi connectivity index (χ0) is 13.8. The second-order valence-corrected chi connectivity index (χ2v) is 4.40. The van der Waals surface area contributed by atoms with E-state index in [1.54, 1.807) is 12.1 Å². The molecule has 19 heavy (non-hydrogen) atoms. The molecule has 0 radical (unpaired) electrons. The summed E-state index contributed by atoms with van der Waals surface area (Å²) in [6.45, 7) is 1.42. The molecule has 6 heteroatoms. The van der Waals surface area contributed by atoms with Gasteiger partial charge in [0.2, 0.25) is 11.8 Å². The molecular weight excluding hydrogens is 268 g/mol. The fourth-order valence-corrected chi connectivity index (χ4v) is 1.75. The Kier molecular flexibility index (Phi) is 4.19. The molecule has 2 rings (SSSR count). The van der Waals surface area contributed by atoms with E-state index < -0.39 is 12.5 Å². The molecule has 1 aromatic carbocycles. The topological polar surface area (TPSA) is 75.4 Å². The van der Waals surface area contributed by atoms with Gasteiger partial charge >= 0.3 is 0 Å². The molecule has 0 aliphatic heterocycles. The normalized spacial score (nSPS) is 10.5. The maximum absolute atomic E-state index is 10.9. The van der Waals surface area contributed by atoms with Crippen molar-refractivity contribution in [3.63, 3.8) is 0 Å². The van der Waals surface area contributed by atoms with Crippen molar-refractivity contribution in [1.29, 1.82) is 0 Å². The molecule has 0 saturated heterocycles. The van der Waals surface area contributed by atoms with E-state index in [9.17, 15) is 4.79 Å². The SMILES string of the molecule is Cc1nc(CNC(=O)CO)oc1-c1ccc(Cl)cc1. The van der Waals surface area contributed by atoms with E-state index in [4.69, 9.17) is 21.1 Å². The summed E-state index contributed by atoms with van der Waals surface area (Å²) in [5.41, 5.74) is 1.60. The van der Waals surface area contributed by atoms with Gasteiger partial charge in [-0.15, -0.1) is 0 Å². The first kappa shape index (κ1) is 13.6. The molecule has 0 fully saturated rings. The number of nitrogens with zero attached hydrogens (tertiary/aromatic N) is 1. The highest BCUT2D eigenvalue weighted by molar-refractivity contribution is 6.30. The van der Waals surface area contributed by atoms with Crippen molar-refractivity contribution < 1.29 is 14.3 Å². The van der Waals surface area contributed by atoms with Gasteiger partial charge in [0.05, 0.1) is 12.2 Å². The van der Waals surface area contributed by atoms with Gasteiger partial charge in [0, 0.05) is 10.6 Å². The highest BCUT2D eigenvalue weighted by atomic mass is 35.5. The lowest BCUT2D eigenvalue weighted by atomic mass is 10.1. The van der Waals surface area contributed by atoms with Gasteiger partial charge in [-0.2, -0.15) is 0 Å². The van der Waals surface area contributed by atoms with Gasteiger partial charge in [0.15, 0.2) is 5.76 Å². The molecule has 2 N–H and O–H groups in total. The molecule has 0 aliphatic rings. The zero-order valence-corrected chi connectivity index (χ0v) is 11.1. The van der Waals surface area contributed by atoms with E-state index in [0.717, 1.165) is 11.3 Å². The Morgan fingerprint density at radius 3 is 2.74 bits per heavy atom. The van der Waals surface area contributed by atoms with E-state index >= 15 is 0 Å². The number of oxazole rings is 1. The number of benzene rings is 1. The van der Waals surface area contributed by atoms with Gasteiger partial charge in [0.25, 0.3) is 0 Å². The number of carbonyl (C=O) groups excluding carboxylic acids is 1. The van der Waals surface area contributed by atoms with Gasteiger partial charge in [-0.25, -0.2) is 4.98 Å². The van der Waals surface area contributed by atoms with Crippen LogP contribution in [0.5, 0.6) is 0 Å². The number of halogens is 1. The maximum Gasteiger partial charge on any atom is 0.246 e. The van der Waals surface area contributed by atoms with Crippen LogP contribution < -0.4 is 5.32 Å². The van der Waals surface area contributed by atoms with E-state index in [0.29, 0.717) is 16.7 Å². The molecule has 5 nitrogen and oxygen atoms in total. The van der Waals surface area contributed by atoms with Gasteiger partial charge < -0.3 is 14.8 Å². The lowest BCUT2D eigenvalue weighted by Gasteiger charge is -1.99. The van der Waals surface area contributed by atoms with Crippen molar-refractivity contribution in [2.24, 2.45) is 0 Å². The van der Waals surface area contributed by atoms with Crippen LogP contribution in [0.2, 0.25) is 5.02 Å². The Morgan fingerprint density at radius 2 is 2.11 bits per heavy atom.